The fourth-order valence-corrected chi connectivity index (χ4v) is 1.14. The lowest BCUT2D eigenvalue weighted by Crippen LogP contribution is -3.00. The van der Waals surface area contributed by atoms with Gasteiger partial charge < -0.3 is 66.1 Å². The van der Waals surface area contributed by atoms with E-state index < -0.39 is 24.5 Å². The van der Waals surface area contributed by atoms with Gasteiger partial charge in [-0.3, -0.25) is 0 Å². The topological polar surface area (TPSA) is 161 Å². The number of quaternary nitrogens is 3. The van der Waals surface area contributed by atoms with E-state index >= 15 is 0 Å². The van der Waals surface area contributed by atoms with E-state index in [2.05, 4.69) is 63.4 Å². The van der Waals surface area contributed by atoms with Crippen molar-refractivity contribution in [2.24, 2.45) is 0 Å². The van der Waals surface area contributed by atoms with Crippen molar-refractivity contribution < 1.29 is 66.1 Å². The van der Waals surface area contributed by atoms with E-state index in [4.69, 9.17) is 20.4 Å². The molecule has 0 aromatic carbocycles. The minimum atomic E-state index is -1.96. The maximum Gasteiger partial charge on any atom is 0.101 e. The molecule has 0 aliphatic carbocycles. The van der Waals surface area contributed by atoms with Crippen LogP contribution in [-0.2, 0) is 9.59 Å². The number of hydrogen-bond acceptors (Lipinski definition) is 8. The molecule has 0 aliphatic heterocycles. The Morgan fingerprint density at radius 2 is 0.903 bits per heavy atom. The zero-order valence-corrected chi connectivity index (χ0v) is 21.4. The Bertz CT molecular complexity index is 395. The minimum Gasteiger partial charge on any atom is -1.00 e. The second-order valence-corrected chi connectivity index (χ2v) is 9.62. The second kappa shape index (κ2) is 20.8. The molecular formula is C19H46ClN3O8. The number of aliphatic hydroxyl groups is 4. The van der Waals surface area contributed by atoms with Crippen LogP contribution in [0.2, 0.25) is 0 Å². The van der Waals surface area contributed by atoms with Gasteiger partial charge in [0.1, 0.15) is 19.6 Å². The molecule has 0 radical (unpaired) electrons. The second-order valence-electron chi connectivity index (χ2n) is 9.62. The van der Waals surface area contributed by atoms with Crippen LogP contribution in [0.4, 0.5) is 0 Å². The number of carboxylic acid groups (broad SMARTS) is 2. The zero-order chi connectivity index (χ0) is 25.2. The molecule has 0 heterocycles. The average Bonchev–Trinajstić information content (AvgIpc) is 2.44. The third kappa shape index (κ3) is 58.6. The van der Waals surface area contributed by atoms with Crippen molar-refractivity contribution in [3.05, 3.63) is 0 Å². The predicted molar refractivity (Wildman–Crippen MR) is 111 cm³/mol. The minimum absolute atomic E-state index is 0. The number of hydrogen-bond donors (Lipinski definition) is 4. The molecule has 1 unspecified atom stereocenters. The summed E-state index contributed by atoms with van der Waals surface area (Å²) >= 11 is 0. The summed E-state index contributed by atoms with van der Waals surface area (Å²) in [6.07, 6.45) is -2.89. The number of halogens is 1. The van der Waals surface area contributed by atoms with E-state index in [0.717, 1.165) is 33.1 Å². The monoisotopic (exact) mass is 479 g/mol. The Kier molecular flexibility index (Phi) is 27.1. The average molecular weight is 480 g/mol. The van der Waals surface area contributed by atoms with Gasteiger partial charge in [-0.1, -0.05) is 0 Å². The number of rotatable bonds is 9. The van der Waals surface area contributed by atoms with Crippen molar-refractivity contribution in [3.8, 4) is 0 Å². The first-order valence-electron chi connectivity index (χ1n) is 9.55. The summed E-state index contributed by atoms with van der Waals surface area (Å²) in [4.78, 5) is 19.1. The highest BCUT2D eigenvalue weighted by atomic mass is 35.5. The van der Waals surface area contributed by atoms with Gasteiger partial charge in [0, 0.05) is 12.4 Å². The van der Waals surface area contributed by atoms with Crippen LogP contribution in [0, 0.1) is 0 Å². The Morgan fingerprint density at radius 1 is 0.677 bits per heavy atom. The molecule has 0 aromatic rings. The van der Waals surface area contributed by atoms with Crippen molar-refractivity contribution in [1.82, 2.24) is 0 Å². The first-order chi connectivity index (χ1) is 13.2. The molecule has 0 rings (SSSR count). The van der Waals surface area contributed by atoms with Gasteiger partial charge in [0.2, 0.25) is 0 Å². The number of aliphatic carboxylic acids is 2. The van der Waals surface area contributed by atoms with E-state index in [0.29, 0.717) is 0 Å². The van der Waals surface area contributed by atoms with Gasteiger partial charge in [-0.2, -0.15) is 0 Å². The molecular weight excluding hydrogens is 434 g/mol. The highest BCUT2D eigenvalue weighted by molar-refractivity contribution is 5.76. The SMILES string of the molecule is C[N+](C)(C)CCO.C[N+](C)(C)CCO.C[N+](C)(C)CCO.O=C([O-])CC(O)C(=O)[O-].[Cl-]. The van der Waals surface area contributed by atoms with Crippen molar-refractivity contribution in [2.45, 2.75) is 12.5 Å². The molecule has 4 N–H and O–H groups in total. The lowest BCUT2D eigenvalue weighted by Gasteiger charge is -2.21. The molecule has 1 atom stereocenters. The highest BCUT2D eigenvalue weighted by Crippen LogP contribution is 1.86. The van der Waals surface area contributed by atoms with Crippen LogP contribution < -0.4 is 22.6 Å². The standard InChI is InChI=1S/3C5H14NO.C4H6O5.ClH/c3*1-6(2,3)4-5-7;5-2(4(8)9)1-3(6)7;/h3*7H,4-5H2,1-3H3;2,5H,1H2,(H,6,7)(H,8,9);1H/q3*+1;;/p-3. The Hall–Kier alpha value is -1.05. The summed E-state index contributed by atoms with van der Waals surface area (Å²) in [6, 6.07) is 0. The van der Waals surface area contributed by atoms with Crippen molar-refractivity contribution >= 4 is 11.9 Å². The first-order valence-corrected chi connectivity index (χ1v) is 9.55. The lowest BCUT2D eigenvalue weighted by molar-refractivity contribution is -0.870. The molecule has 0 fully saturated rings. The third-order valence-electron chi connectivity index (χ3n) is 2.94. The fraction of sp³-hybridized carbons (Fsp3) is 0.895. The van der Waals surface area contributed by atoms with Crippen LogP contribution in [0.1, 0.15) is 6.42 Å². The highest BCUT2D eigenvalue weighted by Gasteiger charge is 2.04. The molecule has 31 heavy (non-hydrogen) atoms. The molecule has 0 saturated carbocycles. The van der Waals surface area contributed by atoms with Gasteiger partial charge >= 0.3 is 0 Å². The summed E-state index contributed by atoms with van der Waals surface area (Å²) in [5.74, 6) is -3.43. The number of nitrogens with zero attached hydrogens (tertiary/aromatic N) is 3. The van der Waals surface area contributed by atoms with Crippen LogP contribution in [0.25, 0.3) is 0 Å². The van der Waals surface area contributed by atoms with Crippen molar-refractivity contribution in [1.29, 1.82) is 0 Å². The lowest BCUT2D eigenvalue weighted by atomic mass is 10.3. The maximum atomic E-state index is 9.58. The molecule has 11 nitrogen and oxygen atoms in total. The largest absolute Gasteiger partial charge is 1.00 e. The van der Waals surface area contributed by atoms with Crippen LogP contribution >= 0.6 is 0 Å². The van der Waals surface area contributed by atoms with Crippen LogP contribution in [0.15, 0.2) is 0 Å². The molecule has 0 amide bonds. The Morgan fingerprint density at radius 3 is 0.935 bits per heavy atom. The summed E-state index contributed by atoms with van der Waals surface area (Å²) in [6.45, 7) is 3.34. The van der Waals surface area contributed by atoms with Gasteiger partial charge in [-0.25, -0.2) is 0 Å². The first kappa shape index (κ1) is 40.3. The molecule has 0 spiro atoms. The zero-order valence-electron chi connectivity index (χ0n) is 20.7. The number of carbonyl (C=O) groups is 2. The summed E-state index contributed by atoms with van der Waals surface area (Å²) < 4.78 is 2.53. The van der Waals surface area contributed by atoms with Crippen molar-refractivity contribution in [2.75, 3.05) is 103 Å². The van der Waals surface area contributed by atoms with Gasteiger partial charge in [0.05, 0.1) is 95.3 Å². The van der Waals surface area contributed by atoms with Gasteiger partial charge in [0.15, 0.2) is 0 Å². The molecule has 0 saturated heterocycles. The number of aliphatic hydroxyl groups excluding tert-OH is 4. The predicted octanol–water partition coefficient (Wildman–Crippen LogP) is -7.70. The van der Waals surface area contributed by atoms with E-state index in [9.17, 15) is 19.8 Å². The molecule has 0 aliphatic rings. The molecule has 0 bridgehead atoms. The van der Waals surface area contributed by atoms with Gasteiger partial charge in [-0.15, -0.1) is 0 Å². The van der Waals surface area contributed by atoms with Crippen LogP contribution in [-0.4, -0.2) is 155 Å². The smallest absolute Gasteiger partial charge is 0.101 e. The molecule has 12 heteroatoms. The molecule has 192 valence electrons. The Labute approximate surface area is 193 Å². The maximum absolute atomic E-state index is 9.58. The van der Waals surface area contributed by atoms with E-state index in [1.54, 1.807) is 0 Å². The quantitative estimate of drug-likeness (QED) is 0.237. The summed E-state index contributed by atoms with van der Waals surface area (Å²) in [5.41, 5.74) is 0. The third-order valence-corrected chi connectivity index (χ3v) is 2.94. The molecule has 0 aromatic heterocycles. The number of carbonyl (C=O) groups excluding carboxylic acids is 2. The summed E-state index contributed by atoms with van der Waals surface area (Å²) in [5, 5.41) is 52.5. The normalized spacial score (nSPS) is 11.8. The van der Waals surface area contributed by atoms with E-state index in [1.165, 1.54) is 0 Å². The van der Waals surface area contributed by atoms with Crippen LogP contribution in [0.3, 0.4) is 0 Å². The van der Waals surface area contributed by atoms with Crippen molar-refractivity contribution in [3.63, 3.8) is 0 Å². The number of carboxylic acids is 2. The summed E-state index contributed by atoms with van der Waals surface area (Å²) in [7, 11) is 18.5. The number of likely N-dealkylation sites (N-methyl/N-ethyl adjacent to an activating group) is 3. The van der Waals surface area contributed by atoms with E-state index in [-0.39, 0.29) is 32.2 Å². The Balaban J connectivity index is -0.0000000965. The van der Waals surface area contributed by atoms with Crippen LogP contribution in [0.5, 0.6) is 0 Å². The van der Waals surface area contributed by atoms with E-state index in [1.807, 2.05) is 0 Å². The van der Waals surface area contributed by atoms with Gasteiger partial charge in [-0.05, 0) is 0 Å². The van der Waals surface area contributed by atoms with Gasteiger partial charge in [0.25, 0.3) is 0 Å². The fourth-order valence-electron chi connectivity index (χ4n) is 1.14.